The fraction of sp³-hybridized carbons (Fsp3) is 0.659. The molecule has 2 aromatic carbocycles. The predicted molar refractivity (Wildman–Crippen MR) is 186 cm³/mol. The number of hydrogen-bond acceptors (Lipinski definition) is 5. The fourth-order valence-electron chi connectivity index (χ4n) is 10.5. The van der Waals surface area contributed by atoms with Crippen molar-refractivity contribution in [1.29, 1.82) is 0 Å². The second-order valence-corrected chi connectivity index (χ2v) is 15.5. The molecule has 5 atom stereocenters. The molecule has 254 valence electrons. The van der Waals surface area contributed by atoms with Gasteiger partial charge in [-0.1, -0.05) is 74.9 Å². The minimum atomic E-state index is -0.123. The van der Waals surface area contributed by atoms with Gasteiger partial charge in [0.25, 0.3) is 0 Å². The van der Waals surface area contributed by atoms with Crippen LogP contribution in [0.1, 0.15) is 114 Å². The molecule has 0 unspecified atom stereocenters. The third kappa shape index (κ3) is 6.36. The van der Waals surface area contributed by atoms with E-state index in [2.05, 4.69) is 52.3 Å². The number of hydrogen-bond donors (Lipinski definition) is 0. The molecule has 2 bridgehead atoms. The Morgan fingerprint density at radius 1 is 0.957 bits per heavy atom. The number of Topliss-reactive ketones (excluding diaryl/α,β-unsaturated/α-hetero) is 1. The third-order valence-electron chi connectivity index (χ3n) is 12.6. The van der Waals surface area contributed by atoms with E-state index in [-0.39, 0.29) is 23.3 Å². The van der Waals surface area contributed by atoms with Crippen molar-refractivity contribution >= 4 is 11.7 Å². The molecule has 6 heteroatoms. The van der Waals surface area contributed by atoms with Gasteiger partial charge in [-0.25, -0.2) is 0 Å². The van der Waals surface area contributed by atoms with Gasteiger partial charge in [0.2, 0.25) is 5.91 Å². The van der Waals surface area contributed by atoms with Crippen LogP contribution in [-0.4, -0.2) is 66.4 Å². The summed E-state index contributed by atoms with van der Waals surface area (Å²) < 4.78 is 13.1. The normalized spacial score (nSPS) is 28.0. The number of carbonyl (C=O) groups is 2. The minimum absolute atomic E-state index is 0.0564. The van der Waals surface area contributed by atoms with Crippen molar-refractivity contribution in [2.75, 3.05) is 26.7 Å². The molecule has 2 aromatic rings. The number of nitrogens with zero attached hydrogens (tertiary/aromatic N) is 2. The van der Waals surface area contributed by atoms with Crippen molar-refractivity contribution in [2.45, 2.75) is 133 Å². The average molecular weight is 641 g/mol. The Labute approximate surface area is 282 Å². The lowest BCUT2D eigenvalue weighted by Crippen LogP contribution is -2.69. The molecule has 47 heavy (non-hydrogen) atoms. The van der Waals surface area contributed by atoms with E-state index in [0.717, 1.165) is 69.5 Å². The van der Waals surface area contributed by atoms with E-state index >= 15 is 0 Å². The first-order chi connectivity index (χ1) is 23.0. The molecule has 3 fully saturated rings. The smallest absolute Gasteiger partial charge is 0.222 e. The van der Waals surface area contributed by atoms with Crippen molar-refractivity contribution in [1.82, 2.24) is 9.80 Å². The lowest BCUT2D eigenvalue weighted by Gasteiger charge is -2.60. The molecular formula is C41H56N2O4. The van der Waals surface area contributed by atoms with E-state index in [4.69, 9.17) is 9.47 Å². The number of ether oxygens (including phenoxy) is 2. The van der Waals surface area contributed by atoms with Crippen LogP contribution < -0.4 is 9.47 Å². The van der Waals surface area contributed by atoms with Crippen LogP contribution in [0.15, 0.2) is 42.5 Å². The van der Waals surface area contributed by atoms with Crippen molar-refractivity contribution < 1.29 is 19.1 Å². The fourth-order valence-corrected chi connectivity index (χ4v) is 10.5. The van der Waals surface area contributed by atoms with E-state index in [9.17, 15) is 9.59 Å². The standard InChI is InChI=1S/C41H56N2O4/c1-29(44)27-42-25-24-41-33-21-22-34(40(41)47-39-36(46-2)23-20-32(38(39)41)26-35(33)42)43(28-31-17-11-7-12-18-31)37(45)19-13-5-3-4-8-14-30-15-9-6-10-16-30/h6,9-10,15-16,20,23,31,33-35,40H,3-5,7-8,11-14,17-19,21-22,24-28H2,1-2H3/t33-,34+,35+,40-,41-/m0/s1. The topological polar surface area (TPSA) is 59.1 Å². The van der Waals surface area contributed by atoms with E-state index in [1.165, 1.54) is 68.1 Å². The number of benzene rings is 2. The maximum Gasteiger partial charge on any atom is 0.222 e. The summed E-state index contributed by atoms with van der Waals surface area (Å²) in [5.41, 5.74) is 4.03. The number of aryl methyl sites for hydroxylation is 1. The molecular weight excluding hydrogens is 584 g/mol. The Hall–Kier alpha value is -2.86. The van der Waals surface area contributed by atoms with Crippen molar-refractivity contribution in [3.05, 3.63) is 59.2 Å². The number of carbonyl (C=O) groups excluding carboxylic acids is 2. The van der Waals surface area contributed by atoms with E-state index in [0.29, 0.717) is 36.8 Å². The summed E-state index contributed by atoms with van der Waals surface area (Å²) in [7, 11) is 1.75. The molecule has 0 N–H and O–H groups in total. The van der Waals surface area contributed by atoms with Crippen molar-refractivity contribution in [3.8, 4) is 11.5 Å². The van der Waals surface area contributed by atoms with Gasteiger partial charge in [-0.05, 0) is 100 Å². The molecule has 1 amide bonds. The van der Waals surface area contributed by atoms with Crippen LogP contribution >= 0.6 is 0 Å². The lowest BCUT2D eigenvalue weighted by molar-refractivity contribution is -0.145. The maximum atomic E-state index is 14.4. The summed E-state index contributed by atoms with van der Waals surface area (Å²) in [4.78, 5) is 31.5. The average Bonchev–Trinajstić information content (AvgIpc) is 3.44. The quantitative estimate of drug-likeness (QED) is 0.198. The SMILES string of the molecule is COc1ccc2c3c1O[C@H]1[C@H](N(CC4CCCCC4)C(=O)CCCCCCCc4ccccc4)CC[C@H]4[C@@H](C2)N(CC(C)=O)CC[C@@]341. The molecule has 0 radical (unpaired) electrons. The van der Waals surface area contributed by atoms with E-state index < -0.39 is 0 Å². The highest BCUT2D eigenvalue weighted by molar-refractivity contribution is 5.78. The number of amides is 1. The van der Waals surface area contributed by atoms with Crippen LogP contribution in [0.2, 0.25) is 0 Å². The molecule has 1 saturated heterocycles. The number of ketones is 1. The zero-order valence-corrected chi connectivity index (χ0v) is 28.9. The number of rotatable bonds is 14. The number of likely N-dealkylation sites (tertiary alicyclic amines) is 1. The lowest BCUT2D eigenvalue weighted by atomic mass is 9.51. The van der Waals surface area contributed by atoms with Gasteiger partial charge < -0.3 is 14.4 Å². The number of piperidine rings is 1. The summed E-state index contributed by atoms with van der Waals surface area (Å²) in [5.74, 6) is 3.37. The Kier molecular flexibility index (Phi) is 9.96. The highest BCUT2D eigenvalue weighted by atomic mass is 16.5. The largest absolute Gasteiger partial charge is 0.493 e. The first-order valence-corrected chi connectivity index (χ1v) is 18.9. The zero-order valence-electron chi connectivity index (χ0n) is 28.9. The van der Waals surface area contributed by atoms with Gasteiger partial charge >= 0.3 is 0 Å². The first kappa shape index (κ1) is 32.7. The van der Waals surface area contributed by atoms with Crippen LogP contribution in [-0.2, 0) is 27.8 Å². The molecule has 1 spiro atoms. The van der Waals surface area contributed by atoms with E-state index in [1.54, 1.807) is 14.0 Å². The van der Waals surface area contributed by atoms with Crippen LogP contribution in [0.25, 0.3) is 0 Å². The molecule has 3 aliphatic carbocycles. The predicted octanol–water partition coefficient (Wildman–Crippen LogP) is 7.68. The van der Waals surface area contributed by atoms with Crippen LogP contribution in [0, 0.1) is 11.8 Å². The molecule has 2 heterocycles. The van der Waals surface area contributed by atoms with Gasteiger partial charge in [-0.3, -0.25) is 14.5 Å². The zero-order chi connectivity index (χ0) is 32.4. The van der Waals surface area contributed by atoms with Crippen LogP contribution in [0.5, 0.6) is 11.5 Å². The van der Waals surface area contributed by atoms with Crippen molar-refractivity contribution in [2.24, 2.45) is 11.8 Å². The monoisotopic (exact) mass is 640 g/mol. The molecule has 6 nitrogen and oxygen atoms in total. The molecule has 7 rings (SSSR count). The van der Waals surface area contributed by atoms with Gasteiger partial charge in [-0.15, -0.1) is 0 Å². The van der Waals surface area contributed by atoms with Gasteiger partial charge in [0, 0.05) is 30.0 Å². The van der Waals surface area contributed by atoms with Gasteiger partial charge in [-0.2, -0.15) is 0 Å². The van der Waals surface area contributed by atoms with Crippen LogP contribution in [0.4, 0.5) is 0 Å². The molecule has 5 aliphatic rings. The first-order valence-electron chi connectivity index (χ1n) is 18.9. The van der Waals surface area contributed by atoms with Gasteiger partial charge in [0.05, 0.1) is 19.7 Å². The van der Waals surface area contributed by atoms with Crippen molar-refractivity contribution in [3.63, 3.8) is 0 Å². The Bertz CT molecular complexity index is 1400. The van der Waals surface area contributed by atoms with Crippen LogP contribution in [0.3, 0.4) is 0 Å². The Balaban J connectivity index is 1.09. The third-order valence-corrected chi connectivity index (χ3v) is 12.6. The minimum Gasteiger partial charge on any atom is -0.493 e. The van der Waals surface area contributed by atoms with Gasteiger partial charge in [0.1, 0.15) is 11.9 Å². The Morgan fingerprint density at radius 2 is 1.74 bits per heavy atom. The second kappa shape index (κ2) is 14.3. The molecule has 2 aliphatic heterocycles. The summed E-state index contributed by atoms with van der Waals surface area (Å²) in [6.45, 7) is 4.04. The summed E-state index contributed by atoms with van der Waals surface area (Å²) in [5, 5.41) is 0. The highest BCUT2D eigenvalue weighted by Crippen LogP contribution is 2.64. The summed E-state index contributed by atoms with van der Waals surface area (Å²) in [6.07, 6.45) is 17.8. The molecule has 0 aromatic heterocycles. The summed E-state index contributed by atoms with van der Waals surface area (Å²) in [6, 6.07) is 15.5. The number of methoxy groups -OCH3 is 1. The number of unbranched alkanes of at least 4 members (excludes halogenated alkanes) is 4. The van der Waals surface area contributed by atoms with Gasteiger partial charge in [0.15, 0.2) is 11.5 Å². The summed E-state index contributed by atoms with van der Waals surface area (Å²) >= 11 is 0. The van der Waals surface area contributed by atoms with E-state index in [1.807, 2.05) is 0 Å². The Morgan fingerprint density at radius 3 is 2.53 bits per heavy atom. The maximum absolute atomic E-state index is 14.4. The second-order valence-electron chi connectivity index (χ2n) is 15.5. The molecule has 2 saturated carbocycles. The highest BCUT2D eigenvalue weighted by Gasteiger charge is 2.66.